The standard InChI is InChI=1S/C16H23F3N2O2/c1-11-7-13(9-21(3)14(22)5-4-6-20)8-12(2)15(11)23-10-16(17,18)19/h7-8H,4-6,9-10,20H2,1-3H3. The van der Waals surface area contributed by atoms with E-state index in [1.54, 1.807) is 37.9 Å². The molecule has 1 aromatic carbocycles. The number of hydrogen-bond donors (Lipinski definition) is 1. The number of amides is 1. The molecule has 1 rings (SSSR count). The molecule has 0 saturated carbocycles. The third-order valence-corrected chi connectivity index (χ3v) is 3.34. The molecule has 1 amide bonds. The topological polar surface area (TPSA) is 55.6 Å². The fourth-order valence-electron chi connectivity index (χ4n) is 2.32. The predicted molar refractivity (Wildman–Crippen MR) is 82.2 cm³/mol. The summed E-state index contributed by atoms with van der Waals surface area (Å²) in [5.41, 5.74) is 7.47. The van der Waals surface area contributed by atoms with Crippen molar-refractivity contribution < 1.29 is 22.7 Å². The van der Waals surface area contributed by atoms with Gasteiger partial charge in [0.15, 0.2) is 6.61 Å². The van der Waals surface area contributed by atoms with Crippen LogP contribution in [0.4, 0.5) is 13.2 Å². The molecule has 0 aliphatic rings. The molecule has 4 nitrogen and oxygen atoms in total. The van der Waals surface area contributed by atoms with E-state index in [1.165, 1.54) is 0 Å². The Hall–Kier alpha value is -1.76. The second-order valence-electron chi connectivity index (χ2n) is 5.60. The number of carbonyl (C=O) groups is 1. The lowest BCUT2D eigenvalue weighted by molar-refractivity contribution is -0.153. The molecule has 2 N–H and O–H groups in total. The van der Waals surface area contributed by atoms with Crippen molar-refractivity contribution in [3.05, 3.63) is 28.8 Å². The number of halogens is 3. The Labute approximate surface area is 134 Å². The fourth-order valence-corrected chi connectivity index (χ4v) is 2.32. The van der Waals surface area contributed by atoms with E-state index in [-0.39, 0.29) is 11.7 Å². The average Bonchev–Trinajstić information content (AvgIpc) is 2.42. The van der Waals surface area contributed by atoms with Gasteiger partial charge in [-0.25, -0.2) is 0 Å². The first-order valence-electron chi connectivity index (χ1n) is 7.37. The minimum Gasteiger partial charge on any atom is -0.484 e. The molecule has 0 fully saturated rings. The summed E-state index contributed by atoms with van der Waals surface area (Å²) in [6, 6.07) is 3.48. The minimum atomic E-state index is -4.37. The number of benzene rings is 1. The summed E-state index contributed by atoms with van der Waals surface area (Å²) in [5, 5.41) is 0. The molecule has 0 radical (unpaired) electrons. The highest BCUT2D eigenvalue weighted by molar-refractivity contribution is 5.75. The van der Waals surface area contributed by atoms with Crippen LogP contribution in [0, 0.1) is 13.8 Å². The van der Waals surface area contributed by atoms with Gasteiger partial charge >= 0.3 is 6.18 Å². The lowest BCUT2D eigenvalue weighted by Crippen LogP contribution is -2.26. The molecule has 130 valence electrons. The maximum Gasteiger partial charge on any atom is 0.422 e. The highest BCUT2D eigenvalue weighted by atomic mass is 19.4. The van der Waals surface area contributed by atoms with Gasteiger partial charge in [0.05, 0.1) is 0 Å². The third-order valence-electron chi connectivity index (χ3n) is 3.34. The number of nitrogens with two attached hydrogens (primary N) is 1. The molecule has 7 heteroatoms. The Kier molecular flexibility index (Phi) is 6.87. The van der Waals surface area contributed by atoms with Crippen LogP contribution in [-0.2, 0) is 11.3 Å². The van der Waals surface area contributed by atoms with Gasteiger partial charge in [-0.1, -0.05) is 12.1 Å². The van der Waals surface area contributed by atoms with Crippen molar-refractivity contribution in [3.63, 3.8) is 0 Å². The Morgan fingerprint density at radius 1 is 1.26 bits per heavy atom. The normalized spacial score (nSPS) is 11.4. The van der Waals surface area contributed by atoms with E-state index >= 15 is 0 Å². The van der Waals surface area contributed by atoms with E-state index in [1.807, 2.05) is 0 Å². The summed E-state index contributed by atoms with van der Waals surface area (Å²) in [4.78, 5) is 13.5. The van der Waals surface area contributed by atoms with Crippen molar-refractivity contribution in [2.24, 2.45) is 5.73 Å². The maximum absolute atomic E-state index is 12.3. The van der Waals surface area contributed by atoms with Gasteiger partial charge in [0.25, 0.3) is 0 Å². The molecule has 0 aliphatic heterocycles. The average molecular weight is 332 g/mol. The summed E-state index contributed by atoms with van der Waals surface area (Å²) in [6.07, 6.45) is -3.35. The first kappa shape index (κ1) is 19.3. The molecule has 0 spiro atoms. The van der Waals surface area contributed by atoms with Gasteiger partial charge < -0.3 is 15.4 Å². The second kappa shape index (κ2) is 8.19. The highest BCUT2D eigenvalue weighted by Crippen LogP contribution is 2.27. The molecule has 0 atom stereocenters. The van der Waals surface area contributed by atoms with Gasteiger partial charge in [-0.2, -0.15) is 13.2 Å². The Bertz CT molecular complexity index is 522. The van der Waals surface area contributed by atoms with Crippen molar-refractivity contribution in [1.29, 1.82) is 0 Å². The zero-order chi connectivity index (χ0) is 17.6. The molecule has 0 bridgehead atoms. The number of ether oxygens (including phenoxy) is 1. The number of alkyl halides is 3. The molecule has 23 heavy (non-hydrogen) atoms. The Morgan fingerprint density at radius 3 is 2.30 bits per heavy atom. The van der Waals surface area contributed by atoms with Crippen molar-refractivity contribution >= 4 is 5.91 Å². The van der Waals surface area contributed by atoms with Gasteiger partial charge in [-0.3, -0.25) is 4.79 Å². The van der Waals surface area contributed by atoms with Gasteiger partial charge in [-0.15, -0.1) is 0 Å². The van der Waals surface area contributed by atoms with Crippen LogP contribution in [0.5, 0.6) is 5.75 Å². The number of carbonyl (C=O) groups excluding carboxylic acids is 1. The predicted octanol–water partition coefficient (Wildman–Crippen LogP) is 2.94. The molecule has 0 aromatic heterocycles. The lowest BCUT2D eigenvalue weighted by atomic mass is 10.1. The first-order valence-corrected chi connectivity index (χ1v) is 7.37. The van der Waals surface area contributed by atoms with Gasteiger partial charge in [0.1, 0.15) is 5.75 Å². The van der Waals surface area contributed by atoms with Gasteiger partial charge in [-0.05, 0) is 43.5 Å². The van der Waals surface area contributed by atoms with Crippen molar-refractivity contribution in [2.75, 3.05) is 20.2 Å². The quantitative estimate of drug-likeness (QED) is 0.835. The maximum atomic E-state index is 12.3. The summed E-state index contributed by atoms with van der Waals surface area (Å²) in [7, 11) is 1.69. The van der Waals surface area contributed by atoms with Crippen LogP contribution in [-0.4, -0.2) is 37.2 Å². The lowest BCUT2D eigenvalue weighted by Gasteiger charge is -2.20. The number of nitrogens with zero attached hydrogens (tertiary/aromatic N) is 1. The van der Waals surface area contributed by atoms with Crippen LogP contribution in [0.2, 0.25) is 0 Å². The van der Waals surface area contributed by atoms with Crippen molar-refractivity contribution in [3.8, 4) is 5.75 Å². The molecular formula is C16H23F3N2O2. The van der Waals surface area contributed by atoms with E-state index in [2.05, 4.69) is 0 Å². The van der Waals surface area contributed by atoms with E-state index in [0.29, 0.717) is 37.1 Å². The van der Waals surface area contributed by atoms with Crippen LogP contribution in [0.25, 0.3) is 0 Å². The smallest absolute Gasteiger partial charge is 0.422 e. The van der Waals surface area contributed by atoms with E-state index in [9.17, 15) is 18.0 Å². The monoisotopic (exact) mass is 332 g/mol. The van der Waals surface area contributed by atoms with Gasteiger partial charge in [0, 0.05) is 20.0 Å². The molecule has 1 aromatic rings. The van der Waals surface area contributed by atoms with E-state index in [0.717, 1.165) is 5.56 Å². The Balaban J connectivity index is 2.78. The first-order chi connectivity index (χ1) is 10.6. The molecule has 0 heterocycles. The zero-order valence-electron chi connectivity index (χ0n) is 13.7. The summed E-state index contributed by atoms with van der Waals surface area (Å²) < 4.78 is 41.7. The van der Waals surface area contributed by atoms with Crippen LogP contribution >= 0.6 is 0 Å². The van der Waals surface area contributed by atoms with Crippen LogP contribution in [0.15, 0.2) is 12.1 Å². The van der Waals surface area contributed by atoms with Gasteiger partial charge in [0.2, 0.25) is 5.91 Å². The molecular weight excluding hydrogens is 309 g/mol. The highest BCUT2D eigenvalue weighted by Gasteiger charge is 2.29. The van der Waals surface area contributed by atoms with E-state index < -0.39 is 12.8 Å². The largest absolute Gasteiger partial charge is 0.484 e. The number of rotatable bonds is 7. The second-order valence-corrected chi connectivity index (χ2v) is 5.60. The van der Waals surface area contributed by atoms with Crippen LogP contribution in [0.3, 0.4) is 0 Å². The fraction of sp³-hybridized carbons (Fsp3) is 0.562. The summed E-state index contributed by atoms with van der Waals surface area (Å²) >= 11 is 0. The Morgan fingerprint density at radius 2 is 1.83 bits per heavy atom. The molecule has 0 unspecified atom stereocenters. The van der Waals surface area contributed by atoms with Crippen LogP contribution in [0.1, 0.15) is 29.5 Å². The zero-order valence-corrected chi connectivity index (χ0v) is 13.7. The molecule has 0 saturated heterocycles. The third kappa shape index (κ3) is 6.48. The summed E-state index contributed by atoms with van der Waals surface area (Å²) in [5.74, 6) is 0.228. The SMILES string of the molecule is Cc1cc(CN(C)C(=O)CCCN)cc(C)c1OCC(F)(F)F. The number of aryl methyl sites for hydroxylation is 2. The molecule has 0 aliphatic carbocycles. The van der Waals surface area contributed by atoms with E-state index in [4.69, 9.17) is 10.5 Å². The van der Waals surface area contributed by atoms with Crippen molar-refractivity contribution in [2.45, 2.75) is 39.4 Å². The number of hydrogen-bond acceptors (Lipinski definition) is 3. The van der Waals surface area contributed by atoms with Crippen LogP contribution < -0.4 is 10.5 Å². The summed E-state index contributed by atoms with van der Waals surface area (Å²) in [6.45, 7) is 2.93. The minimum absolute atomic E-state index is 0.0110. The van der Waals surface area contributed by atoms with Crippen molar-refractivity contribution in [1.82, 2.24) is 4.90 Å².